The quantitative estimate of drug-likeness (QED) is 0.807. The van der Waals surface area contributed by atoms with Gasteiger partial charge in [0.15, 0.2) is 0 Å². The molecule has 0 saturated heterocycles. The van der Waals surface area contributed by atoms with Crippen molar-refractivity contribution in [1.82, 2.24) is 5.32 Å². The standard InChI is InChI=1S/C11H18N2OS/c1-3-5-8(2)13-11(14)10(12)9-6-4-7-15-9/h4,6-8,10H,3,5,12H2,1-2H3,(H,13,14). The molecule has 1 aromatic heterocycles. The summed E-state index contributed by atoms with van der Waals surface area (Å²) in [4.78, 5) is 12.6. The summed E-state index contributed by atoms with van der Waals surface area (Å²) in [5, 5.41) is 4.84. The van der Waals surface area contributed by atoms with E-state index in [2.05, 4.69) is 12.2 Å². The molecule has 1 heterocycles. The molecule has 15 heavy (non-hydrogen) atoms. The van der Waals surface area contributed by atoms with Gasteiger partial charge in [-0.05, 0) is 24.8 Å². The highest BCUT2D eigenvalue weighted by Gasteiger charge is 2.17. The van der Waals surface area contributed by atoms with Crippen molar-refractivity contribution in [2.24, 2.45) is 5.73 Å². The molecular weight excluding hydrogens is 208 g/mol. The molecule has 0 fully saturated rings. The van der Waals surface area contributed by atoms with E-state index in [0.29, 0.717) is 0 Å². The summed E-state index contributed by atoms with van der Waals surface area (Å²) in [7, 11) is 0. The zero-order chi connectivity index (χ0) is 11.3. The van der Waals surface area contributed by atoms with Gasteiger partial charge in [-0.25, -0.2) is 0 Å². The van der Waals surface area contributed by atoms with E-state index < -0.39 is 6.04 Å². The molecule has 1 rings (SSSR count). The van der Waals surface area contributed by atoms with Crippen molar-refractivity contribution in [2.75, 3.05) is 0 Å². The van der Waals surface area contributed by atoms with Gasteiger partial charge in [-0.3, -0.25) is 4.79 Å². The van der Waals surface area contributed by atoms with Gasteiger partial charge in [0.05, 0.1) is 0 Å². The Kier molecular flexibility index (Phi) is 4.78. The largest absolute Gasteiger partial charge is 0.352 e. The Morgan fingerprint density at radius 3 is 2.93 bits per heavy atom. The lowest BCUT2D eigenvalue weighted by molar-refractivity contribution is -0.123. The topological polar surface area (TPSA) is 55.1 Å². The summed E-state index contributed by atoms with van der Waals surface area (Å²) in [6.45, 7) is 4.10. The van der Waals surface area contributed by atoms with E-state index in [9.17, 15) is 4.79 Å². The van der Waals surface area contributed by atoms with E-state index in [0.717, 1.165) is 17.7 Å². The van der Waals surface area contributed by atoms with Gasteiger partial charge < -0.3 is 11.1 Å². The number of hydrogen-bond donors (Lipinski definition) is 2. The molecule has 1 aromatic rings. The smallest absolute Gasteiger partial charge is 0.242 e. The lowest BCUT2D eigenvalue weighted by atomic mass is 10.1. The number of nitrogens with one attached hydrogen (secondary N) is 1. The molecular formula is C11H18N2OS. The molecule has 0 bridgehead atoms. The fraction of sp³-hybridized carbons (Fsp3) is 0.545. The van der Waals surface area contributed by atoms with Crippen LogP contribution in [0, 0.1) is 0 Å². The van der Waals surface area contributed by atoms with Crippen molar-refractivity contribution in [3.8, 4) is 0 Å². The van der Waals surface area contributed by atoms with Crippen LogP contribution < -0.4 is 11.1 Å². The van der Waals surface area contributed by atoms with E-state index in [1.807, 2.05) is 24.4 Å². The molecule has 0 spiro atoms. The van der Waals surface area contributed by atoms with Gasteiger partial charge in [0.1, 0.15) is 6.04 Å². The van der Waals surface area contributed by atoms with Crippen molar-refractivity contribution in [3.63, 3.8) is 0 Å². The van der Waals surface area contributed by atoms with Crippen LogP contribution in [-0.2, 0) is 4.79 Å². The summed E-state index contributed by atoms with van der Waals surface area (Å²) < 4.78 is 0. The summed E-state index contributed by atoms with van der Waals surface area (Å²) in [5.74, 6) is -0.0848. The molecule has 2 atom stereocenters. The van der Waals surface area contributed by atoms with Crippen molar-refractivity contribution < 1.29 is 4.79 Å². The highest BCUT2D eigenvalue weighted by Crippen LogP contribution is 2.16. The van der Waals surface area contributed by atoms with E-state index >= 15 is 0 Å². The Hall–Kier alpha value is -0.870. The Morgan fingerprint density at radius 2 is 2.40 bits per heavy atom. The van der Waals surface area contributed by atoms with Gasteiger partial charge >= 0.3 is 0 Å². The maximum atomic E-state index is 11.7. The number of nitrogens with two attached hydrogens (primary N) is 1. The molecule has 1 amide bonds. The van der Waals surface area contributed by atoms with Crippen LogP contribution in [0.2, 0.25) is 0 Å². The molecule has 0 saturated carbocycles. The van der Waals surface area contributed by atoms with Crippen LogP contribution in [0.3, 0.4) is 0 Å². The summed E-state index contributed by atoms with van der Waals surface area (Å²) in [6.07, 6.45) is 2.05. The lowest BCUT2D eigenvalue weighted by Crippen LogP contribution is -2.39. The van der Waals surface area contributed by atoms with Crippen LogP contribution in [0.1, 0.15) is 37.6 Å². The van der Waals surface area contributed by atoms with Crippen LogP contribution in [0.5, 0.6) is 0 Å². The Balaban J connectivity index is 2.47. The number of thiophene rings is 1. The third-order valence-electron chi connectivity index (χ3n) is 2.24. The van der Waals surface area contributed by atoms with E-state index in [1.165, 1.54) is 11.3 Å². The fourth-order valence-corrected chi connectivity index (χ4v) is 2.16. The highest BCUT2D eigenvalue weighted by atomic mass is 32.1. The first kappa shape index (κ1) is 12.2. The van der Waals surface area contributed by atoms with Gasteiger partial charge in [0.25, 0.3) is 0 Å². The molecule has 2 unspecified atom stereocenters. The zero-order valence-electron chi connectivity index (χ0n) is 9.19. The normalized spacial score (nSPS) is 14.6. The summed E-state index contributed by atoms with van der Waals surface area (Å²) in [6, 6.07) is 3.47. The monoisotopic (exact) mass is 226 g/mol. The van der Waals surface area contributed by atoms with E-state index in [-0.39, 0.29) is 11.9 Å². The van der Waals surface area contributed by atoms with Crippen LogP contribution >= 0.6 is 11.3 Å². The van der Waals surface area contributed by atoms with Gasteiger partial charge in [0, 0.05) is 10.9 Å². The molecule has 0 aliphatic carbocycles. The minimum atomic E-state index is -0.524. The van der Waals surface area contributed by atoms with Gasteiger partial charge in [-0.1, -0.05) is 19.4 Å². The third kappa shape index (κ3) is 3.64. The predicted octanol–water partition coefficient (Wildman–Crippen LogP) is 2.05. The van der Waals surface area contributed by atoms with Gasteiger partial charge in [0.2, 0.25) is 5.91 Å². The first-order valence-electron chi connectivity index (χ1n) is 5.24. The minimum Gasteiger partial charge on any atom is -0.352 e. The molecule has 4 heteroatoms. The second kappa shape index (κ2) is 5.88. The average molecular weight is 226 g/mol. The van der Waals surface area contributed by atoms with Crippen LogP contribution in [-0.4, -0.2) is 11.9 Å². The minimum absolute atomic E-state index is 0.0848. The fourth-order valence-electron chi connectivity index (χ4n) is 1.44. The van der Waals surface area contributed by atoms with Crippen LogP contribution in [0.25, 0.3) is 0 Å². The Bertz CT molecular complexity index is 298. The van der Waals surface area contributed by atoms with Crippen molar-refractivity contribution in [1.29, 1.82) is 0 Å². The van der Waals surface area contributed by atoms with E-state index in [4.69, 9.17) is 5.73 Å². The average Bonchev–Trinajstić information content (AvgIpc) is 2.69. The lowest BCUT2D eigenvalue weighted by Gasteiger charge is -2.16. The van der Waals surface area contributed by atoms with Crippen LogP contribution in [0.4, 0.5) is 0 Å². The summed E-state index contributed by atoms with van der Waals surface area (Å²) >= 11 is 1.51. The SMILES string of the molecule is CCCC(C)NC(=O)C(N)c1cccs1. The number of carbonyl (C=O) groups excluding carboxylic acids is 1. The molecule has 84 valence electrons. The number of amides is 1. The molecule has 3 nitrogen and oxygen atoms in total. The van der Waals surface area contributed by atoms with Crippen molar-refractivity contribution >= 4 is 17.2 Å². The maximum Gasteiger partial charge on any atom is 0.242 e. The molecule has 0 aromatic carbocycles. The zero-order valence-corrected chi connectivity index (χ0v) is 10.0. The number of carbonyl (C=O) groups is 1. The van der Waals surface area contributed by atoms with Crippen molar-refractivity contribution in [2.45, 2.75) is 38.8 Å². The molecule has 0 radical (unpaired) electrons. The van der Waals surface area contributed by atoms with Crippen LogP contribution in [0.15, 0.2) is 17.5 Å². The second-order valence-corrected chi connectivity index (χ2v) is 4.67. The second-order valence-electron chi connectivity index (χ2n) is 3.69. The first-order chi connectivity index (χ1) is 7.15. The molecule has 0 aliphatic rings. The Morgan fingerprint density at radius 1 is 1.67 bits per heavy atom. The summed E-state index contributed by atoms with van der Waals surface area (Å²) in [5.41, 5.74) is 5.83. The maximum absolute atomic E-state index is 11.7. The molecule has 3 N–H and O–H groups in total. The molecule has 0 aliphatic heterocycles. The highest BCUT2D eigenvalue weighted by molar-refractivity contribution is 7.10. The first-order valence-corrected chi connectivity index (χ1v) is 6.12. The number of rotatable bonds is 5. The van der Waals surface area contributed by atoms with Gasteiger partial charge in [-0.2, -0.15) is 0 Å². The predicted molar refractivity (Wildman–Crippen MR) is 63.8 cm³/mol. The third-order valence-corrected chi connectivity index (χ3v) is 3.20. The van der Waals surface area contributed by atoms with Crippen molar-refractivity contribution in [3.05, 3.63) is 22.4 Å². The Labute approximate surface area is 94.7 Å². The van der Waals surface area contributed by atoms with E-state index in [1.54, 1.807) is 0 Å². The number of hydrogen-bond acceptors (Lipinski definition) is 3. The van der Waals surface area contributed by atoms with Gasteiger partial charge in [-0.15, -0.1) is 11.3 Å².